The summed E-state index contributed by atoms with van der Waals surface area (Å²) in [6, 6.07) is 9.23. The molecule has 0 aliphatic heterocycles. The molecular formula is C11H8BrClN2O. The molecule has 0 aliphatic rings. The van der Waals surface area contributed by atoms with Crippen LogP contribution >= 0.6 is 27.5 Å². The Balaban J connectivity index is 2.02. The van der Waals surface area contributed by atoms with Gasteiger partial charge in [-0.05, 0) is 33.6 Å². The maximum absolute atomic E-state index is 5.86. The second-order valence-electron chi connectivity index (χ2n) is 3.10. The van der Waals surface area contributed by atoms with Crippen molar-refractivity contribution in [2.75, 3.05) is 0 Å². The summed E-state index contributed by atoms with van der Waals surface area (Å²) >= 11 is 9.11. The third kappa shape index (κ3) is 3.18. The van der Waals surface area contributed by atoms with Crippen LogP contribution in [0.2, 0.25) is 5.02 Å². The molecule has 5 heteroatoms. The fourth-order valence-corrected chi connectivity index (χ4v) is 1.68. The summed E-state index contributed by atoms with van der Waals surface area (Å²) in [6.07, 6.45) is 1.44. The smallest absolute Gasteiger partial charge is 0.217 e. The molecule has 0 amide bonds. The second kappa shape index (κ2) is 5.27. The number of aromatic nitrogens is 2. The first-order chi connectivity index (χ1) is 7.74. The van der Waals surface area contributed by atoms with Gasteiger partial charge in [0.2, 0.25) is 5.88 Å². The summed E-state index contributed by atoms with van der Waals surface area (Å²) in [4.78, 5) is 7.89. The number of ether oxygens (including phenoxy) is 1. The van der Waals surface area contributed by atoms with E-state index in [4.69, 9.17) is 16.3 Å². The van der Waals surface area contributed by atoms with E-state index in [-0.39, 0.29) is 0 Å². The Morgan fingerprint density at radius 1 is 1.25 bits per heavy atom. The minimum atomic E-state index is 0.435. The minimum Gasteiger partial charge on any atom is -0.473 e. The summed E-state index contributed by atoms with van der Waals surface area (Å²) < 4.78 is 6.19. The Morgan fingerprint density at radius 3 is 2.88 bits per heavy atom. The highest BCUT2D eigenvalue weighted by atomic mass is 79.9. The zero-order valence-corrected chi connectivity index (χ0v) is 10.6. The number of nitrogens with zero attached hydrogens (tertiary/aromatic N) is 2. The van der Waals surface area contributed by atoms with Gasteiger partial charge in [0.05, 0.1) is 0 Å². The average molecular weight is 300 g/mol. The molecule has 0 atom stereocenters. The van der Waals surface area contributed by atoms with Crippen LogP contribution in [0.15, 0.2) is 41.3 Å². The Kier molecular flexibility index (Phi) is 3.74. The second-order valence-corrected chi connectivity index (χ2v) is 4.35. The fraction of sp³-hybridized carbons (Fsp3) is 0.0909. The third-order valence-corrected chi connectivity index (χ3v) is 2.55. The highest BCUT2D eigenvalue weighted by molar-refractivity contribution is 9.10. The van der Waals surface area contributed by atoms with E-state index in [9.17, 15) is 0 Å². The van der Waals surface area contributed by atoms with Gasteiger partial charge in [-0.3, -0.25) is 0 Å². The molecule has 0 radical (unpaired) electrons. The predicted octanol–water partition coefficient (Wildman–Crippen LogP) is 3.47. The number of hydrogen-bond acceptors (Lipinski definition) is 3. The van der Waals surface area contributed by atoms with Crippen molar-refractivity contribution in [3.8, 4) is 5.88 Å². The standard InChI is InChI=1S/C11H8BrClN2O/c12-10-5-11(15-7-14-10)16-6-8-2-1-3-9(13)4-8/h1-5,7H,6H2. The molecule has 0 spiro atoms. The Morgan fingerprint density at radius 2 is 2.12 bits per heavy atom. The van der Waals surface area contributed by atoms with Crippen molar-refractivity contribution in [3.05, 3.63) is 51.8 Å². The SMILES string of the molecule is Clc1cccc(COc2cc(Br)ncn2)c1. The van der Waals surface area contributed by atoms with Gasteiger partial charge in [-0.1, -0.05) is 23.7 Å². The molecule has 1 heterocycles. The van der Waals surface area contributed by atoms with Crippen molar-refractivity contribution in [2.45, 2.75) is 6.61 Å². The fourth-order valence-electron chi connectivity index (χ4n) is 1.18. The van der Waals surface area contributed by atoms with E-state index in [1.54, 1.807) is 6.07 Å². The maximum Gasteiger partial charge on any atom is 0.217 e. The van der Waals surface area contributed by atoms with E-state index in [1.807, 2.05) is 24.3 Å². The highest BCUT2D eigenvalue weighted by Gasteiger charge is 1.99. The molecule has 16 heavy (non-hydrogen) atoms. The molecule has 0 unspecified atom stereocenters. The van der Waals surface area contributed by atoms with Crippen LogP contribution in [0.5, 0.6) is 5.88 Å². The molecule has 0 saturated heterocycles. The molecule has 0 bridgehead atoms. The van der Waals surface area contributed by atoms with Crippen molar-refractivity contribution >= 4 is 27.5 Å². The zero-order valence-electron chi connectivity index (χ0n) is 8.23. The van der Waals surface area contributed by atoms with E-state index in [2.05, 4.69) is 25.9 Å². The third-order valence-electron chi connectivity index (χ3n) is 1.88. The van der Waals surface area contributed by atoms with Crippen molar-refractivity contribution in [3.63, 3.8) is 0 Å². The van der Waals surface area contributed by atoms with Crippen LogP contribution in [0, 0.1) is 0 Å². The molecule has 2 rings (SSSR count). The summed E-state index contributed by atoms with van der Waals surface area (Å²) in [6.45, 7) is 0.435. The Labute approximate surface area is 107 Å². The zero-order chi connectivity index (χ0) is 11.4. The van der Waals surface area contributed by atoms with Gasteiger partial charge in [0.1, 0.15) is 17.5 Å². The quantitative estimate of drug-likeness (QED) is 0.814. The van der Waals surface area contributed by atoms with E-state index in [0.29, 0.717) is 22.1 Å². The maximum atomic E-state index is 5.86. The first-order valence-corrected chi connectivity index (χ1v) is 5.76. The lowest BCUT2D eigenvalue weighted by Gasteiger charge is -2.05. The summed E-state index contributed by atoms with van der Waals surface area (Å²) in [5.41, 5.74) is 1.00. The summed E-state index contributed by atoms with van der Waals surface area (Å²) in [7, 11) is 0. The van der Waals surface area contributed by atoms with Crippen molar-refractivity contribution < 1.29 is 4.74 Å². The van der Waals surface area contributed by atoms with Crippen molar-refractivity contribution in [2.24, 2.45) is 0 Å². The van der Waals surface area contributed by atoms with Crippen LogP contribution in [0.3, 0.4) is 0 Å². The first kappa shape index (κ1) is 11.4. The topological polar surface area (TPSA) is 35.0 Å². The molecular weight excluding hydrogens is 291 g/mol. The van der Waals surface area contributed by atoms with Gasteiger partial charge >= 0.3 is 0 Å². The first-order valence-electron chi connectivity index (χ1n) is 4.59. The van der Waals surface area contributed by atoms with Gasteiger partial charge in [0.25, 0.3) is 0 Å². The number of hydrogen-bond donors (Lipinski definition) is 0. The van der Waals surface area contributed by atoms with Gasteiger partial charge in [0.15, 0.2) is 0 Å². The lowest BCUT2D eigenvalue weighted by atomic mass is 10.2. The van der Waals surface area contributed by atoms with Gasteiger partial charge in [-0.15, -0.1) is 0 Å². The molecule has 2 aromatic rings. The van der Waals surface area contributed by atoms with Gasteiger partial charge in [0, 0.05) is 11.1 Å². The van der Waals surface area contributed by atoms with Crippen molar-refractivity contribution in [1.82, 2.24) is 9.97 Å². The van der Waals surface area contributed by atoms with Crippen LogP contribution in [-0.4, -0.2) is 9.97 Å². The largest absolute Gasteiger partial charge is 0.473 e. The van der Waals surface area contributed by atoms with E-state index in [1.165, 1.54) is 6.33 Å². The highest BCUT2D eigenvalue weighted by Crippen LogP contribution is 2.15. The molecule has 0 aliphatic carbocycles. The molecule has 0 fully saturated rings. The van der Waals surface area contributed by atoms with Crippen LogP contribution in [-0.2, 0) is 6.61 Å². The van der Waals surface area contributed by atoms with Crippen LogP contribution in [0.25, 0.3) is 0 Å². The lowest BCUT2D eigenvalue weighted by molar-refractivity contribution is 0.293. The molecule has 0 N–H and O–H groups in total. The minimum absolute atomic E-state index is 0.435. The molecule has 1 aromatic carbocycles. The summed E-state index contributed by atoms with van der Waals surface area (Å²) in [5.74, 6) is 0.529. The Bertz CT molecular complexity index is 447. The van der Waals surface area contributed by atoms with Crippen LogP contribution in [0.4, 0.5) is 0 Å². The summed E-state index contributed by atoms with van der Waals surface area (Å²) in [5, 5.41) is 0.699. The molecule has 82 valence electrons. The predicted molar refractivity (Wildman–Crippen MR) is 65.5 cm³/mol. The normalized spacial score (nSPS) is 10.1. The van der Waals surface area contributed by atoms with Gasteiger partial charge in [-0.2, -0.15) is 0 Å². The van der Waals surface area contributed by atoms with E-state index in [0.717, 1.165) is 5.56 Å². The van der Waals surface area contributed by atoms with Crippen LogP contribution < -0.4 is 4.74 Å². The van der Waals surface area contributed by atoms with Crippen LogP contribution in [0.1, 0.15) is 5.56 Å². The van der Waals surface area contributed by atoms with E-state index < -0.39 is 0 Å². The van der Waals surface area contributed by atoms with E-state index >= 15 is 0 Å². The van der Waals surface area contributed by atoms with Gasteiger partial charge in [-0.25, -0.2) is 9.97 Å². The Hall–Kier alpha value is -1.13. The van der Waals surface area contributed by atoms with Gasteiger partial charge < -0.3 is 4.74 Å². The molecule has 3 nitrogen and oxygen atoms in total. The average Bonchev–Trinajstić information content (AvgIpc) is 2.27. The number of halogens is 2. The number of benzene rings is 1. The number of rotatable bonds is 3. The lowest BCUT2D eigenvalue weighted by Crippen LogP contribution is -1.97. The molecule has 1 aromatic heterocycles. The van der Waals surface area contributed by atoms with Crippen molar-refractivity contribution in [1.29, 1.82) is 0 Å². The monoisotopic (exact) mass is 298 g/mol. The molecule has 0 saturated carbocycles.